The van der Waals surface area contributed by atoms with E-state index >= 15 is 0 Å². The highest BCUT2D eigenvalue weighted by atomic mass is 16.5. The van der Waals surface area contributed by atoms with E-state index in [9.17, 15) is 4.79 Å². The van der Waals surface area contributed by atoms with Crippen LogP contribution < -0.4 is 4.74 Å². The van der Waals surface area contributed by atoms with Crippen LogP contribution in [0.25, 0.3) is 0 Å². The molecule has 0 atom stereocenters. The molecule has 0 bridgehead atoms. The molecule has 1 aromatic carbocycles. The number of rotatable bonds is 3. The van der Waals surface area contributed by atoms with Crippen LogP contribution >= 0.6 is 0 Å². The van der Waals surface area contributed by atoms with Gasteiger partial charge < -0.3 is 4.74 Å². The summed E-state index contributed by atoms with van der Waals surface area (Å²) in [6.45, 7) is 4.02. The Morgan fingerprint density at radius 2 is 1.80 bits per heavy atom. The molecule has 0 N–H and O–H groups in total. The molecule has 0 saturated heterocycles. The van der Waals surface area contributed by atoms with Crippen molar-refractivity contribution in [1.29, 1.82) is 0 Å². The van der Waals surface area contributed by atoms with Gasteiger partial charge in [-0.05, 0) is 37.5 Å². The van der Waals surface area contributed by atoms with E-state index in [1.54, 1.807) is 0 Å². The van der Waals surface area contributed by atoms with E-state index in [-0.39, 0.29) is 6.10 Å². The largest absolute Gasteiger partial charge is 0.491 e. The van der Waals surface area contributed by atoms with Crippen molar-refractivity contribution in [1.82, 2.24) is 0 Å². The highest BCUT2D eigenvalue weighted by Crippen LogP contribution is 2.34. The maximum atomic E-state index is 10.9. The summed E-state index contributed by atoms with van der Waals surface area (Å²) in [6.07, 6.45) is 1.63. The van der Waals surface area contributed by atoms with E-state index in [2.05, 4.69) is 12.1 Å². The maximum absolute atomic E-state index is 10.9. The maximum Gasteiger partial charge on any atom is 0.134 e. The van der Waals surface area contributed by atoms with Gasteiger partial charge in [0.1, 0.15) is 11.5 Å². The van der Waals surface area contributed by atoms with Crippen molar-refractivity contribution in [2.75, 3.05) is 0 Å². The smallest absolute Gasteiger partial charge is 0.134 e. The van der Waals surface area contributed by atoms with Gasteiger partial charge in [0.2, 0.25) is 0 Å². The van der Waals surface area contributed by atoms with Crippen molar-refractivity contribution in [2.45, 2.75) is 38.7 Å². The summed E-state index contributed by atoms with van der Waals surface area (Å²) in [7, 11) is 0. The zero-order chi connectivity index (χ0) is 10.8. The number of ether oxygens (including phenoxy) is 1. The first-order valence-corrected chi connectivity index (χ1v) is 5.43. The predicted octanol–water partition coefficient (Wildman–Crippen LogP) is 2.92. The summed E-state index contributed by atoms with van der Waals surface area (Å²) in [6, 6.07) is 8.10. The van der Waals surface area contributed by atoms with Crippen LogP contribution in [-0.4, -0.2) is 11.9 Å². The first kappa shape index (κ1) is 10.2. The number of carbonyl (C=O) groups is 1. The van der Waals surface area contributed by atoms with Gasteiger partial charge in [0, 0.05) is 12.8 Å². The fraction of sp³-hybridized carbons (Fsp3) is 0.462. The molecule has 2 nitrogen and oxygen atoms in total. The molecule has 0 unspecified atom stereocenters. The molecular weight excluding hydrogens is 188 g/mol. The van der Waals surface area contributed by atoms with Gasteiger partial charge in [-0.2, -0.15) is 0 Å². The molecule has 0 radical (unpaired) electrons. The monoisotopic (exact) mass is 204 g/mol. The lowest BCUT2D eigenvalue weighted by Gasteiger charge is -2.24. The first-order chi connectivity index (χ1) is 7.15. The second-order valence-electron chi connectivity index (χ2n) is 4.38. The molecule has 0 heterocycles. The van der Waals surface area contributed by atoms with E-state index in [4.69, 9.17) is 4.74 Å². The standard InChI is InChI=1S/C13H16O2/c1-9(2)15-13-5-3-10(4-6-13)11-7-12(14)8-11/h3-6,9,11H,7-8H2,1-2H3. The van der Waals surface area contributed by atoms with Gasteiger partial charge in [-0.15, -0.1) is 0 Å². The van der Waals surface area contributed by atoms with Gasteiger partial charge in [0.05, 0.1) is 6.10 Å². The number of Topliss-reactive ketones (excluding diaryl/α,β-unsaturated/α-hetero) is 1. The lowest BCUT2D eigenvalue weighted by molar-refractivity contribution is -0.124. The van der Waals surface area contributed by atoms with Crippen molar-refractivity contribution in [3.63, 3.8) is 0 Å². The number of hydrogen-bond donors (Lipinski definition) is 0. The zero-order valence-corrected chi connectivity index (χ0v) is 9.19. The van der Waals surface area contributed by atoms with Gasteiger partial charge in [-0.3, -0.25) is 4.79 Å². The Balaban J connectivity index is 2.01. The normalized spacial score (nSPS) is 16.6. The number of benzene rings is 1. The van der Waals surface area contributed by atoms with E-state index in [0.29, 0.717) is 24.5 Å². The quantitative estimate of drug-likeness (QED) is 0.756. The summed E-state index contributed by atoms with van der Waals surface area (Å²) >= 11 is 0. The number of ketones is 1. The molecule has 2 rings (SSSR count). The van der Waals surface area contributed by atoms with Crippen molar-refractivity contribution in [3.05, 3.63) is 29.8 Å². The van der Waals surface area contributed by atoms with E-state index in [0.717, 1.165) is 5.75 Å². The summed E-state index contributed by atoms with van der Waals surface area (Å²) in [4.78, 5) is 10.9. The van der Waals surface area contributed by atoms with E-state index in [1.165, 1.54) is 5.56 Å². The molecule has 0 aromatic heterocycles. The molecule has 80 valence electrons. The van der Waals surface area contributed by atoms with Crippen molar-refractivity contribution in [3.8, 4) is 5.75 Å². The van der Waals surface area contributed by atoms with Crippen LogP contribution in [-0.2, 0) is 4.79 Å². The summed E-state index contributed by atoms with van der Waals surface area (Å²) in [5.41, 5.74) is 1.26. The van der Waals surface area contributed by atoms with E-state index in [1.807, 2.05) is 26.0 Å². The van der Waals surface area contributed by atoms with Gasteiger partial charge in [-0.25, -0.2) is 0 Å². The van der Waals surface area contributed by atoms with Crippen LogP contribution in [0.15, 0.2) is 24.3 Å². The molecule has 1 aromatic rings. The van der Waals surface area contributed by atoms with Crippen molar-refractivity contribution >= 4 is 5.78 Å². The Morgan fingerprint density at radius 3 is 2.27 bits per heavy atom. The summed E-state index contributed by atoms with van der Waals surface area (Å²) in [5, 5.41) is 0. The minimum atomic E-state index is 0.209. The molecule has 15 heavy (non-hydrogen) atoms. The number of hydrogen-bond acceptors (Lipinski definition) is 2. The third-order valence-electron chi connectivity index (χ3n) is 2.67. The molecular formula is C13H16O2. The van der Waals surface area contributed by atoms with Crippen molar-refractivity contribution < 1.29 is 9.53 Å². The van der Waals surface area contributed by atoms with Gasteiger partial charge in [0.25, 0.3) is 0 Å². The van der Waals surface area contributed by atoms with Crippen LogP contribution in [0.4, 0.5) is 0 Å². The second kappa shape index (κ2) is 4.05. The van der Waals surface area contributed by atoms with Gasteiger partial charge in [-0.1, -0.05) is 12.1 Å². The third-order valence-corrected chi connectivity index (χ3v) is 2.67. The molecule has 1 fully saturated rings. The molecule has 0 spiro atoms. The molecule has 2 heteroatoms. The molecule has 1 saturated carbocycles. The number of carbonyl (C=O) groups excluding carboxylic acids is 1. The Hall–Kier alpha value is -1.31. The zero-order valence-electron chi connectivity index (χ0n) is 9.19. The molecule has 0 aliphatic heterocycles. The topological polar surface area (TPSA) is 26.3 Å². The van der Waals surface area contributed by atoms with Gasteiger partial charge >= 0.3 is 0 Å². The Labute approximate surface area is 90.3 Å². The fourth-order valence-electron chi connectivity index (χ4n) is 1.82. The highest BCUT2D eigenvalue weighted by molar-refractivity contribution is 5.86. The average molecular weight is 204 g/mol. The average Bonchev–Trinajstić information content (AvgIpc) is 2.14. The SMILES string of the molecule is CC(C)Oc1ccc(C2CC(=O)C2)cc1. The third kappa shape index (κ3) is 2.38. The minimum absolute atomic E-state index is 0.209. The van der Waals surface area contributed by atoms with Crippen molar-refractivity contribution in [2.24, 2.45) is 0 Å². The van der Waals surface area contributed by atoms with Gasteiger partial charge in [0.15, 0.2) is 0 Å². The van der Waals surface area contributed by atoms with Crippen LogP contribution in [0.2, 0.25) is 0 Å². The predicted molar refractivity (Wildman–Crippen MR) is 59.2 cm³/mol. The van der Waals surface area contributed by atoms with Crippen LogP contribution in [0.1, 0.15) is 38.2 Å². The Bertz CT molecular complexity index is 343. The van der Waals surface area contributed by atoms with Crippen LogP contribution in [0.3, 0.4) is 0 Å². The lowest BCUT2D eigenvalue weighted by Crippen LogP contribution is -2.20. The summed E-state index contributed by atoms with van der Waals surface area (Å²) < 4.78 is 5.55. The second-order valence-corrected chi connectivity index (χ2v) is 4.38. The van der Waals surface area contributed by atoms with E-state index < -0.39 is 0 Å². The lowest BCUT2D eigenvalue weighted by atomic mass is 9.79. The molecule has 1 aliphatic carbocycles. The summed E-state index contributed by atoms with van der Waals surface area (Å²) in [5.74, 6) is 1.73. The van der Waals surface area contributed by atoms with Crippen LogP contribution in [0, 0.1) is 0 Å². The first-order valence-electron chi connectivity index (χ1n) is 5.43. The fourth-order valence-corrected chi connectivity index (χ4v) is 1.82. The highest BCUT2D eigenvalue weighted by Gasteiger charge is 2.27. The minimum Gasteiger partial charge on any atom is -0.491 e. The Morgan fingerprint density at radius 1 is 1.20 bits per heavy atom. The molecule has 1 aliphatic rings. The molecule has 0 amide bonds. The van der Waals surface area contributed by atoms with Crippen LogP contribution in [0.5, 0.6) is 5.75 Å². The Kier molecular flexibility index (Phi) is 2.76.